The van der Waals surface area contributed by atoms with Gasteiger partial charge in [-0.05, 0) is 81.8 Å². The van der Waals surface area contributed by atoms with Gasteiger partial charge in [-0.15, -0.1) is 13.2 Å². The van der Waals surface area contributed by atoms with Gasteiger partial charge in [-0.25, -0.2) is 4.68 Å². The first-order chi connectivity index (χ1) is 18.2. The number of ether oxygens (including phenoxy) is 1. The van der Waals surface area contributed by atoms with Gasteiger partial charge in [-0.3, -0.25) is 4.79 Å². The van der Waals surface area contributed by atoms with Crippen LogP contribution in [-0.4, -0.2) is 21.9 Å². The van der Waals surface area contributed by atoms with Crippen molar-refractivity contribution in [3.8, 4) is 11.4 Å². The summed E-state index contributed by atoms with van der Waals surface area (Å²) in [5.74, 6) is 2.24. The van der Waals surface area contributed by atoms with E-state index in [1.54, 1.807) is 10.7 Å². The molecule has 1 heterocycles. The second-order valence-electron chi connectivity index (χ2n) is 12.1. The summed E-state index contributed by atoms with van der Waals surface area (Å²) in [7, 11) is 0. The summed E-state index contributed by atoms with van der Waals surface area (Å²) < 4.78 is 44.4. The van der Waals surface area contributed by atoms with Gasteiger partial charge in [0, 0.05) is 17.9 Å². The molecule has 0 saturated heterocycles. The summed E-state index contributed by atoms with van der Waals surface area (Å²) in [6.07, 6.45) is 10.6. The van der Waals surface area contributed by atoms with E-state index < -0.39 is 6.36 Å². The lowest BCUT2D eigenvalue weighted by Crippen LogP contribution is -2.25. The molecule has 0 radical (unpaired) electrons. The van der Waals surface area contributed by atoms with Crippen LogP contribution < -0.4 is 4.74 Å². The van der Waals surface area contributed by atoms with Crippen LogP contribution in [-0.2, 0) is 0 Å². The number of Topliss-reactive ketones (excluding diaryl/α,β-unsaturated/α-hetero) is 1. The Bertz CT molecular complexity index is 1110. The summed E-state index contributed by atoms with van der Waals surface area (Å²) in [4.78, 5) is 14.2. The highest BCUT2D eigenvalue weighted by Gasteiger charge is 2.38. The number of halogens is 3. The molecule has 3 atom stereocenters. The Morgan fingerprint density at radius 3 is 2.34 bits per heavy atom. The van der Waals surface area contributed by atoms with Crippen molar-refractivity contribution in [3.63, 3.8) is 0 Å². The van der Waals surface area contributed by atoms with Crippen LogP contribution in [0.4, 0.5) is 13.2 Å². The summed E-state index contributed by atoms with van der Waals surface area (Å²) in [5.41, 5.74) is 2.75. The molecular formula is C31H41F3N2O2. The third-order valence-electron chi connectivity index (χ3n) is 9.14. The first kappa shape index (κ1) is 27.3. The van der Waals surface area contributed by atoms with Crippen molar-refractivity contribution < 1.29 is 22.7 Å². The third kappa shape index (κ3) is 6.45. The molecule has 1 unspecified atom stereocenters. The van der Waals surface area contributed by atoms with E-state index >= 15 is 0 Å². The fourth-order valence-corrected chi connectivity index (χ4v) is 7.07. The number of carbonyl (C=O) groups is 1. The fourth-order valence-electron chi connectivity index (χ4n) is 7.07. The monoisotopic (exact) mass is 530 g/mol. The Kier molecular flexibility index (Phi) is 8.20. The molecule has 0 aliphatic heterocycles. The van der Waals surface area contributed by atoms with E-state index in [-0.39, 0.29) is 23.4 Å². The molecular weight excluding hydrogens is 489 g/mol. The molecule has 3 fully saturated rings. The Morgan fingerprint density at radius 1 is 0.947 bits per heavy atom. The molecule has 2 aromatic rings. The highest BCUT2D eigenvalue weighted by Crippen LogP contribution is 2.45. The molecule has 0 spiro atoms. The first-order valence-corrected chi connectivity index (χ1v) is 14.7. The van der Waals surface area contributed by atoms with E-state index in [2.05, 4.69) is 11.7 Å². The van der Waals surface area contributed by atoms with Crippen molar-refractivity contribution in [1.29, 1.82) is 0 Å². The standard InChI is InChI=1S/C31H41F3N2O2/c1-20-12-13-24(16-17-25(18-20)22-8-5-3-4-6-9-22)30(37)28-21(2)35-36(29(28)23-14-15-23)26-10-7-11-27(19-26)38-31(32,33)34/h7,10-11,19-20,22-25H,3-6,8-9,12-18H2,1-2H3/t20-,24?,25+/m1/s1. The molecule has 0 N–H and O–H groups in total. The number of alkyl halides is 3. The minimum atomic E-state index is -4.76. The van der Waals surface area contributed by atoms with Crippen LogP contribution in [0.25, 0.3) is 5.69 Å². The van der Waals surface area contributed by atoms with Crippen molar-refractivity contribution in [2.45, 2.75) is 110 Å². The number of hydrogen-bond donors (Lipinski definition) is 0. The molecule has 1 aromatic carbocycles. The van der Waals surface area contributed by atoms with E-state index in [4.69, 9.17) is 5.10 Å². The fraction of sp³-hybridized carbons (Fsp3) is 0.677. The van der Waals surface area contributed by atoms with Crippen LogP contribution in [0.1, 0.15) is 118 Å². The van der Waals surface area contributed by atoms with E-state index in [1.807, 2.05) is 6.92 Å². The molecule has 3 saturated carbocycles. The van der Waals surface area contributed by atoms with E-state index in [9.17, 15) is 18.0 Å². The minimum Gasteiger partial charge on any atom is -0.406 e. The normalized spacial score (nSPS) is 25.9. The van der Waals surface area contributed by atoms with Crippen molar-refractivity contribution >= 4 is 5.78 Å². The Labute approximate surface area is 224 Å². The van der Waals surface area contributed by atoms with Crippen molar-refractivity contribution in [2.75, 3.05) is 0 Å². The number of aromatic nitrogens is 2. The topological polar surface area (TPSA) is 44.1 Å². The van der Waals surface area contributed by atoms with Gasteiger partial charge < -0.3 is 4.74 Å². The highest BCUT2D eigenvalue weighted by atomic mass is 19.4. The SMILES string of the molecule is Cc1nn(-c2cccc(OC(F)(F)F)c2)c(C2CC2)c1C(=O)C1CC[C@@H](C)C[C@@H](C2CCCCCC2)CC1. The lowest BCUT2D eigenvalue weighted by molar-refractivity contribution is -0.274. The van der Waals surface area contributed by atoms with Gasteiger partial charge >= 0.3 is 6.36 Å². The van der Waals surface area contributed by atoms with Crippen LogP contribution >= 0.6 is 0 Å². The average Bonchev–Trinajstić information content (AvgIpc) is 3.66. The summed E-state index contributed by atoms with van der Waals surface area (Å²) in [6, 6.07) is 5.91. The van der Waals surface area contributed by atoms with Crippen molar-refractivity contribution in [1.82, 2.24) is 9.78 Å². The molecule has 0 amide bonds. The maximum absolute atomic E-state index is 14.2. The van der Waals surface area contributed by atoms with Crippen LogP contribution in [0.2, 0.25) is 0 Å². The maximum Gasteiger partial charge on any atom is 0.573 e. The predicted molar refractivity (Wildman–Crippen MR) is 142 cm³/mol. The smallest absolute Gasteiger partial charge is 0.406 e. The van der Waals surface area contributed by atoms with E-state index in [1.165, 1.54) is 63.1 Å². The van der Waals surface area contributed by atoms with E-state index in [0.29, 0.717) is 28.8 Å². The highest BCUT2D eigenvalue weighted by molar-refractivity contribution is 6.00. The van der Waals surface area contributed by atoms with E-state index in [0.717, 1.165) is 50.1 Å². The zero-order valence-corrected chi connectivity index (χ0v) is 22.7. The number of rotatable bonds is 6. The second-order valence-corrected chi connectivity index (χ2v) is 12.1. The second kappa shape index (κ2) is 11.4. The molecule has 0 bridgehead atoms. The Hall–Kier alpha value is -2.31. The number of benzene rings is 1. The Morgan fingerprint density at radius 2 is 1.66 bits per heavy atom. The van der Waals surface area contributed by atoms with Gasteiger partial charge in [0.15, 0.2) is 5.78 Å². The van der Waals surface area contributed by atoms with Gasteiger partial charge in [-0.1, -0.05) is 51.5 Å². The molecule has 38 heavy (non-hydrogen) atoms. The molecule has 208 valence electrons. The van der Waals surface area contributed by atoms with Crippen molar-refractivity contribution in [3.05, 3.63) is 41.2 Å². The van der Waals surface area contributed by atoms with Gasteiger partial charge in [-0.2, -0.15) is 5.10 Å². The lowest BCUT2D eigenvalue weighted by atomic mass is 9.72. The third-order valence-corrected chi connectivity index (χ3v) is 9.14. The van der Waals surface area contributed by atoms with Crippen LogP contribution in [0.5, 0.6) is 5.75 Å². The summed E-state index contributed by atoms with van der Waals surface area (Å²) in [5, 5.41) is 4.71. The molecule has 1 aromatic heterocycles. The molecule has 5 rings (SSSR count). The predicted octanol–water partition coefficient (Wildman–Crippen LogP) is 8.94. The number of aryl methyl sites for hydroxylation is 1. The number of carbonyl (C=O) groups excluding carboxylic acids is 1. The Balaban J connectivity index is 1.40. The van der Waals surface area contributed by atoms with Gasteiger partial charge in [0.05, 0.1) is 22.6 Å². The van der Waals surface area contributed by atoms with Gasteiger partial charge in [0.25, 0.3) is 0 Å². The molecule has 3 aliphatic rings. The quantitative estimate of drug-likeness (QED) is 0.277. The van der Waals surface area contributed by atoms with Gasteiger partial charge in [0.2, 0.25) is 0 Å². The zero-order valence-electron chi connectivity index (χ0n) is 22.7. The van der Waals surface area contributed by atoms with Crippen molar-refractivity contribution in [2.24, 2.45) is 23.7 Å². The summed E-state index contributed by atoms with van der Waals surface area (Å²) in [6.45, 7) is 4.22. The number of ketones is 1. The van der Waals surface area contributed by atoms with Crippen LogP contribution in [0.3, 0.4) is 0 Å². The molecule has 4 nitrogen and oxygen atoms in total. The largest absolute Gasteiger partial charge is 0.573 e. The summed E-state index contributed by atoms with van der Waals surface area (Å²) >= 11 is 0. The number of nitrogens with zero attached hydrogens (tertiary/aromatic N) is 2. The maximum atomic E-state index is 14.2. The average molecular weight is 531 g/mol. The number of hydrogen-bond acceptors (Lipinski definition) is 3. The first-order valence-electron chi connectivity index (χ1n) is 14.7. The molecule has 3 aliphatic carbocycles. The lowest BCUT2D eigenvalue weighted by Gasteiger charge is -2.33. The zero-order chi connectivity index (χ0) is 26.9. The molecule has 7 heteroatoms. The van der Waals surface area contributed by atoms with Crippen LogP contribution in [0, 0.1) is 30.6 Å². The van der Waals surface area contributed by atoms with Gasteiger partial charge in [0.1, 0.15) is 5.75 Å². The minimum absolute atomic E-state index is 0.0141. The van der Waals surface area contributed by atoms with Crippen LogP contribution in [0.15, 0.2) is 24.3 Å².